The third-order valence-electron chi connectivity index (χ3n) is 1.61. The summed E-state index contributed by atoms with van der Waals surface area (Å²) in [5, 5.41) is 7.80. The summed E-state index contributed by atoms with van der Waals surface area (Å²) in [6.07, 6.45) is 0. The van der Waals surface area contributed by atoms with Crippen LogP contribution in [0.4, 0.5) is 5.82 Å². The first-order valence-corrected chi connectivity index (χ1v) is 3.44. The highest BCUT2D eigenvalue weighted by atomic mass is 16.5. The van der Waals surface area contributed by atoms with Crippen molar-refractivity contribution in [2.24, 2.45) is 0 Å². The number of anilines is 1. The fraction of sp³-hybridized carbons (Fsp3) is 0.125. The number of aromatic nitrogens is 1. The van der Waals surface area contributed by atoms with Crippen molar-refractivity contribution in [1.29, 1.82) is 0 Å². The molecule has 3 nitrogen and oxygen atoms in total. The molecule has 0 aliphatic heterocycles. The largest absolute Gasteiger partial charge is 0.370 e. The second kappa shape index (κ2) is 2.27. The van der Waals surface area contributed by atoms with Gasteiger partial charge in [-0.25, -0.2) is 0 Å². The summed E-state index contributed by atoms with van der Waals surface area (Å²) < 4.78 is 5.03. The van der Waals surface area contributed by atoms with E-state index in [0.29, 0.717) is 0 Å². The third-order valence-corrected chi connectivity index (χ3v) is 1.61. The summed E-state index contributed by atoms with van der Waals surface area (Å²) >= 11 is 0. The van der Waals surface area contributed by atoms with E-state index in [1.807, 2.05) is 31.3 Å². The topological polar surface area (TPSA) is 38.1 Å². The molecule has 0 amide bonds. The maximum Gasteiger partial charge on any atom is 0.177 e. The second-order valence-electron chi connectivity index (χ2n) is 2.28. The Bertz CT molecular complexity index is 372. The van der Waals surface area contributed by atoms with Gasteiger partial charge in [0.05, 0.1) is 5.39 Å². The molecule has 0 fully saturated rings. The maximum atomic E-state index is 5.03. The Morgan fingerprint density at radius 3 is 3.09 bits per heavy atom. The second-order valence-corrected chi connectivity index (χ2v) is 2.28. The van der Waals surface area contributed by atoms with E-state index in [-0.39, 0.29) is 1.43 Å². The number of hydrogen-bond donors (Lipinski definition) is 1. The van der Waals surface area contributed by atoms with Gasteiger partial charge in [0.1, 0.15) is 0 Å². The van der Waals surface area contributed by atoms with E-state index >= 15 is 0 Å². The molecule has 1 aromatic carbocycles. The Labute approximate surface area is 65.5 Å². The van der Waals surface area contributed by atoms with Crippen LogP contribution in [0, 0.1) is 0 Å². The normalized spacial score (nSPS) is 10.3. The highest BCUT2D eigenvalue weighted by Crippen LogP contribution is 2.20. The molecule has 11 heavy (non-hydrogen) atoms. The summed E-state index contributed by atoms with van der Waals surface area (Å²) in [5.74, 6) is 0.792. The average molecular weight is 150 g/mol. The lowest BCUT2D eigenvalue weighted by molar-refractivity contribution is 0.460. The minimum Gasteiger partial charge on any atom is -0.370 e. The van der Waals surface area contributed by atoms with E-state index in [4.69, 9.17) is 4.52 Å². The van der Waals surface area contributed by atoms with Gasteiger partial charge in [-0.1, -0.05) is 17.3 Å². The maximum absolute atomic E-state index is 5.03. The van der Waals surface area contributed by atoms with Gasteiger partial charge in [0.15, 0.2) is 11.4 Å². The van der Waals surface area contributed by atoms with Crippen LogP contribution in [-0.2, 0) is 0 Å². The average Bonchev–Trinajstić information content (AvgIpc) is 2.47. The number of nitrogens with zero attached hydrogens (tertiary/aromatic N) is 1. The van der Waals surface area contributed by atoms with Crippen LogP contribution in [-0.4, -0.2) is 12.2 Å². The molecule has 2 rings (SSSR count). The summed E-state index contributed by atoms with van der Waals surface area (Å²) in [7, 11) is 1.82. The molecule has 0 atom stereocenters. The molecule has 58 valence electrons. The van der Waals surface area contributed by atoms with Crippen LogP contribution in [0.25, 0.3) is 11.0 Å². The van der Waals surface area contributed by atoms with Gasteiger partial charge in [-0.05, 0) is 12.1 Å². The van der Waals surface area contributed by atoms with Crippen molar-refractivity contribution >= 4 is 16.8 Å². The molecule has 0 aliphatic rings. The van der Waals surface area contributed by atoms with Crippen LogP contribution in [0.1, 0.15) is 1.43 Å². The zero-order valence-corrected chi connectivity index (χ0v) is 6.16. The molecule has 3 heteroatoms. The van der Waals surface area contributed by atoms with Gasteiger partial charge in [0.2, 0.25) is 0 Å². The summed E-state index contributed by atoms with van der Waals surface area (Å²) in [4.78, 5) is 0. The molecule has 1 heterocycles. The molecule has 0 spiro atoms. The number of fused-ring (bicyclic) bond motifs is 1. The van der Waals surface area contributed by atoms with Gasteiger partial charge in [0, 0.05) is 8.47 Å². The summed E-state index contributed by atoms with van der Waals surface area (Å²) in [6, 6.07) is 7.74. The molecular weight excluding hydrogens is 140 g/mol. The molecule has 0 radical (unpaired) electrons. The van der Waals surface area contributed by atoms with Crippen LogP contribution in [0.5, 0.6) is 0 Å². The molecule has 1 N–H and O–H groups in total. The first-order chi connectivity index (χ1) is 5.42. The van der Waals surface area contributed by atoms with E-state index in [0.717, 1.165) is 16.8 Å². The molecule has 1 aromatic heterocycles. The fourth-order valence-electron chi connectivity index (χ4n) is 1.07. The van der Waals surface area contributed by atoms with Gasteiger partial charge in [-0.2, -0.15) is 0 Å². The Hall–Kier alpha value is -1.51. The van der Waals surface area contributed by atoms with Crippen LogP contribution in [0.2, 0.25) is 0 Å². The minimum atomic E-state index is 0. The Kier molecular flexibility index (Phi) is 1.28. The Morgan fingerprint density at radius 1 is 1.45 bits per heavy atom. The van der Waals surface area contributed by atoms with Crippen molar-refractivity contribution in [3.63, 3.8) is 0 Å². The van der Waals surface area contributed by atoms with Crippen LogP contribution in [0.15, 0.2) is 28.8 Å². The minimum absolute atomic E-state index is 0. The highest BCUT2D eigenvalue weighted by Gasteiger charge is 2.02. The van der Waals surface area contributed by atoms with Crippen molar-refractivity contribution in [2.75, 3.05) is 12.4 Å². The number of benzene rings is 1. The van der Waals surface area contributed by atoms with Crippen molar-refractivity contribution < 1.29 is 5.95 Å². The quantitative estimate of drug-likeness (QED) is 0.676. The first-order valence-electron chi connectivity index (χ1n) is 3.44. The van der Waals surface area contributed by atoms with Crippen molar-refractivity contribution in [1.82, 2.24) is 5.16 Å². The van der Waals surface area contributed by atoms with Gasteiger partial charge >= 0.3 is 0 Å². The fourth-order valence-corrected chi connectivity index (χ4v) is 1.07. The summed E-state index contributed by atoms with van der Waals surface area (Å²) in [5.41, 5.74) is 0.817. The van der Waals surface area contributed by atoms with Gasteiger partial charge in [-0.15, -0.1) is 0 Å². The highest BCUT2D eigenvalue weighted by molar-refractivity contribution is 5.87. The monoisotopic (exact) mass is 150 g/mol. The predicted octanol–water partition coefficient (Wildman–Crippen LogP) is 2.12. The summed E-state index contributed by atoms with van der Waals surface area (Å²) in [6.45, 7) is 0. The smallest absolute Gasteiger partial charge is 0.177 e. The van der Waals surface area contributed by atoms with E-state index in [1.54, 1.807) is 0 Å². The Balaban J connectivity index is 0.000000720. The number of hydrogen-bond acceptors (Lipinski definition) is 3. The van der Waals surface area contributed by atoms with E-state index in [2.05, 4.69) is 10.5 Å². The van der Waals surface area contributed by atoms with Crippen molar-refractivity contribution in [2.45, 2.75) is 0 Å². The molecule has 0 saturated carbocycles. The van der Waals surface area contributed by atoms with Crippen LogP contribution < -0.4 is 5.32 Å². The first kappa shape index (κ1) is 6.22. The standard InChI is InChI=1S/C8H8N2O.H2/c1-9-8-6-4-2-3-5-7(6)11-10-8;/h2-5H,1H3,(H,9,10);1H. The van der Waals surface area contributed by atoms with E-state index in [9.17, 15) is 0 Å². The number of rotatable bonds is 1. The zero-order chi connectivity index (χ0) is 7.68. The van der Waals surface area contributed by atoms with E-state index < -0.39 is 0 Å². The number of nitrogens with one attached hydrogen (secondary N) is 1. The van der Waals surface area contributed by atoms with Gasteiger partial charge in [0.25, 0.3) is 0 Å². The van der Waals surface area contributed by atoms with Gasteiger partial charge in [-0.3, -0.25) is 0 Å². The lowest BCUT2D eigenvalue weighted by atomic mass is 10.2. The molecular formula is C8H10N2O. The van der Waals surface area contributed by atoms with Crippen LogP contribution >= 0.6 is 0 Å². The molecule has 0 saturated heterocycles. The third kappa shape index (κ3) is 0.852. The van der Waals surface area contributed by atoms with Gasteiger partial charge < -0.3 is 9.84 Å². The molecule has 0 bridgehead atoms. The van der Waals surface area contributed by atoms with Crippen molar-refractivity contribution in [3.8, 4) is 0 Å². The molecule has 0 unspecified atom stereocenters. The predicted molar refractivity (Wildman–Crippen MR) is 45.7 cm³/mol. The lowest BCUT2D eigenvalue weighted by Gasteiger charge is -1.89. The Morgan fingerprint density at radius 2 is 2.27 bits per heavy atom. The zero-order valence-electron chi connectivity index (χ0n) is 6.16. The molecule has 2 aromatic rings. The van der Waals surface area contributed by atoms with Crippen molar-refractivity contribution in [3.05, 3.63) is 24.3 Å². The SMILES string of the molecule is CNc1noc2ccccc12.[HH]. The molecule has 0 aliphatic carbocycles. The van der Waals surface area contributed by atoms with E-state index in [1.165, 1.54) is 0 Å². The number of para-hydroxylation sites is 1. The lowest BCUT2D eigenvalue weighted by Crippen LogP contribution is -1.86. The van der Waals surface area contributed by atoms with Crippen LogP contribution in [0.3, 0.4) is 0 Å².